The number of benzene rings is 2. The first-order valence-electron chi connectivity index (χ1n) is 15.4. The summed E-state index contributed by atoms with van der Waals surface area (Å²) in [5.41, 5.74) is 7.34. The van der Waals surface area contributed by atoms with Gasteiger partial charge in [-0.2, -0.15) is 5.10 Å². The number of fused-ring (bicyclic) bond motifs is 3. The van der Waals surface area contributed by atoms with E-state index in [1.54, 1.807) is 11.0 Å². The lowest BCUT2D eigenvalue weighted by atomic mass is 9.86. The van der Waals surface area contributed by atoms with Crippen LogP contribution in [0.25, 0.3) is 33.2 Å². The molecular formula is C34H35N9O. The minimum absolute atomic E-state index is 0.231. The Kier molecular flexibility index (Phi) is 6.71. The monoisotopic (exact) mass is 585 g/mol. The Morgan fingerprint density at radius 3 is 2.55 bits per heavy atom. The number of nitrogens with zero attached hydrogens (tertiary/aromatic N) is 8. The molecule has 222 valence electrons. The number of pyridine rings is 1. The van der Waals surface area contributed by atoms with Crippen LogP contribution in [-0.2, 0) is 18.3 Å². The molecule has 44 heavy (non-hydrogen) atoms. The van der Waals surface area contributed by atoms with Crippen molar-refractivity contribution in [2.24, 2.45) is 7.05 Å². The maximum Gasteiger partial charge on any atom is 0.227 e. The van der Waals surface area contributed by atoms with Crippen molar-refractivity contribution in [2.45, 2.75) is 24.9 Å². The van der Waals surface area contributed by atoms with Gasteiger partial charge in [0.1, 0.15) is 12.1 Å². The molecule has 5 aromatic rings. The summed E-state index contributed by atoms with van der Waals surface area (Å²) in [6.07, 6.45) is 10.8. The van der Waals surface area contributed by atoms with Crippen LogP contribution >= 0.6 is 0 Å². The van der Waals surface area contributed by atoms with Crippen molar-refractivity contribution in [3.63, 3.8) is 0 Å². The van der Waals surface area contributed by atoms with E-state index in [4.69, 9.17) is 4.98 Å². The fourth-order valence-corrected chi connectivity index (χ4v) is 7.05. The number of anilines is 2. The normalized spacial score (nSPS) is 19.7. The molecule has 0 spiro atoms. The first-order valence-corrected chi connectivity index (χ1v) is 15.4. The zero-order valence-corrected chi connectivity index (χ0v) is 24.8. The third kappa shape index (κ3) is 4.94. The molecule has 7 heterocycles. The maximum absolute atomic E-state index is 13.4. The first kappa shape index (κ1) is 26.8. The minimum atomic E-state index is 0.231. The Hall–Kier alpha value is -4.83. The molecule has 2 aromatic carbocycles. The van der Waals surface area contributed by atoms with Gasteiger partial charge in [0.15, 0.2) is 0 Å². The molecule has 4 fully saturated rings. The van der Waals surface area contributed by atoms with Gasteiger partial charge in [-0.3, -0.25) is 9.48 Å². The largest absolute Gasteiger partial charge is 0.369 e. The number of piperazine rings is 2. The van der Waals surface area contributed by atoms with Gasteiger partial charge in [0.05, 0.1) is 30.2 Å². The molecule has 1 N–H and O–H groups in total. The number of carbonyl (C=O) groups excluding carboxylic acids is 1. The number of aromatic nitrogens is 5. The van der Waals surface area contributed by atoms with Crippen molar-refractivity contribution in [1.29, 1.82) is 0 Å². The van der Waals surface area contributed by atoms with E-state index in [1.165, 1.54) is 5.69 Å². The second kappa shape index (κ2) is 11.0. The van der Waals surface area contributed by atoms with Gasteiger partial charge in [-0.05, 0) is 59.5 Å². The van der Waals surface area contributed by atoms with Crippen LogP contribution in [0.5, 0.6) is 0 Å². The fourth-order valence-electron chi connectivity index (χ4n) is 7.05. The highest BCUT2D eigenvalue weighted by atomic mass is 16.2. The van der Waals surface area contributed by atoms with Gasteiger partial charge in [-0.15, -0.1) is 0 Å². The molecule has 4 aliphatic heterocycles. The molecule has 0 aliphatic carbocycles. The summed E-state index contributed by atoms with van der Waals surface area (Å²) < 4.78 is 1.80. The van der Waals surface area contributed by atoms with Gasteiger partial charge >= 0.3 is 0 Å². The quantitative estimate of drug-likeness (QED) is 0.324. The third-order valence-electron chi connectivity index (χ3n) is 9.28. The molecule has 0 radical (unpaired) electrons. The number of hydrogen-bond donors (Lipinski definition) is 1. The van der Waals surface area contributed by atoms with E-state index in [2.05, 4.69) is 83.6 Å². The Morgan fingerprint density at radius 2 is 1.77 bits per heavy atom. The number of piperidine rings is 1. The van der Waals surface area contributed by atoms with Crippen molar-refractivity contribution in [2.75, 3.05) is 49.1 Å². The van der Waals surface area contributed by atoms with Crippen LogP contribution in [0.2, 0.25) is 0 Å². The number of nitrogens with one attached hydrogen (secondary N) is 1. The summed E-state index contributed by atoms with van der Waals surface area (Å²) in [7, 11) is 1.92. The molecule has 9 rings (SSSR count). The first-order chi connectivity index (χ1) is 21.6. The zero-order chi connectivity index (χ0) is 29.6. The van der Waals surface area contributed by atoms with Gasteiger partial charge in [0.25, 0.3) is 0 Å². The molecule has 2 atom stereocenters. The summed E-state index contributed by atoms with van der Waals surface area (Å²) >= 11 is 0. The molecule has 10 nitrogen and oxygen atoms in total. The van der Waals surface area contributed by atoms with Crippen LogP contribution in [0.3, 0.4) is 0 Å². The maximum atomic E-state index is 13.4. The average Bonchev–Trinajstić information content (AvgIpc) is 3.51. The molecule has 2 bridgehead atoms. The number of aryl methyl sites for hydroxylation is 1. The molecule has 0 saturated carbocycles. The zero-order valence-electron chi connectivity index (χ0n) is 24.8. The van der Waals surface area contributed by atoms with E-state index in [0.29, 0.717) is 6.42 Å². The predicted octanol–water partition coefficient (Wildman–Crippen LogP) is 3.53. The highest BCUT2D eigenvalue weighted by Gasteiger charge is 2.47. The third-order valence-corrected chi connectivity index (χ3v) is 9.28. The highest BCUT2D eigenvalue weighted by Crippen LogP contribution is 2.37. The summed E-state index contributed by atoms with van der Waals surface area (Å²) in [5, 5.41) is 8.74. The number of rotatable bonds is 6. The lowest BCUT2D eigenvalue weighted by molar-refractivity contribution is -0.145. The van der Waals surface area contributed by atoms with Crippen LogP contribution in [0.15, 0.2) is 79.6 Å². The number of hydrogen-bond acceptors (Lipinski definition) is 8. The van der Waals surface area contributed by atoms with Crippen LogP contribution in [-0.4, -0.2) is 86.9 Å². The Balaban J connectivity index is 0.964. The van der Waals surface area contributed by atoms with Gasteiger partial charge in [0.2, 0.25) is 5.91 Å². The van der Waals surface area contributed by atoms with Crippen molar-refractivity contribution < 1.29 is 4.79 Å². The summed E-state index contributed by atoms with van der Waals surface area (Å²) in [6.45, 7) is 5.62. The SMILES string of the molecule is Cn1cc(-c2cc(-c3ccc(N4CC5CC(C4)N5C(=O)Cc4cccc(N5CCNCC5)c4)nc3)c3cncnc3c2)cn1. The van der Waals surface area contributed by atoms with Crippen LogP contribution < -0.4 is 15.1 Å². The van der Waals surface area contributed by atoms with E-state index in [0.717, 1.165) is 90.2 Å². The van der Waals surface area contributed by atoms with Crippen LogP contribution in [0.4, 0.5) is 11.5 Å². The molecule has 1 amide bonds. The van der Waals surface area contributed by atoms with Gasteiger partial charge in [-0.25, -0.2) is 15.0 Å². The minimum Gasteiger partial charge on any atom is -0.369 e. The Labute approximate surface area is 256 Å². The smallest absolute Gasteiger partial charge is 0.227 e. The molecule has 10 heteroatoms. The molecule has 2 unspecified atom stereocenters. The second-order valence-electron chi connectivity index (χ2n) is 12.1. The highest BCUT2D eigenvalue weighted by molar-refractivity contribution is 5.97. The van der Waals surface area contributed by atoms with E-state index in [1.807, 2.05) is 31.8 Å². The van der Waals surface area contributed by atoms with Gasteiger partial charge < -0.3 is 20.0 Å². The van der Waals surface area contributed by atoms with Crippen molar-refractivity contribution >= 4 is 28.3 Å². The molecule has 3 aromatic heterocycles. The summed E-state index contributed by atoms with van der Waals surface area (Å²) in [5.74, 6) is 1.18. The fraction of sp³-hybridized carbons (Fsp3) is 0.324. The molecule has 4 saturated heterocycles. The lowest BCUT2D eigenvalue weighted by Gasteiger charge is -2.56. The summed E-state index contributed by atoms with van der Waals surface area (Å²) in [4.78, 5) is 34.0. The molecule has 4 aliphatic rings. The molecular weight excluding hydrogens is 550 g/mol. The number of amides is 1. The lowest BCUT2D eigenvalue weighted by Crippen LogP contribution is -2.70. The number of carbonyl (C=O) groups is 1. The van der Waals surface area contributed by atoms with E-state index in [9.17, 15) is 4.79 Å². The van der Waals surface area contributed by atoms with Gasteiger partial charge in [0, 0.05) is 87.1 Å². The van der Waals surface area contributed by atoms with Gasteiger partial charge in [-0.1, -0.05) is 12.1 Å². The standard InChI is InChI=1S/C34H35N9O/c1-40-19-26(17-39-40)25-13-30(31-18-36-22-38-32(31)14-25)24-5-6-33(37-16-24)42-20-28-15-29(21-42)43(28)34(44)12-23-3-2-4-27(11-23)41-9-7-35-8-10-41/h2-6,11,13-14,16-19,22,28-29,35H,7-10,12,15,20-21H2,1H3. The topological polar surface area (TPSA) is 95.3 Å². The Morgan fingerprint density at radius 1 is 0.909 bits per heavy atom. The average molecular weight is 586 g/mol. The van der Waals surface area contributed by atoms with E-state index in [-0.39, 0.29) is 18.0 Å². The van der Waals surface area contributed by atoms with Crippen molar-refractivity contribution in [3.05, 3.63) is 85.2 Å². The Bertz CT molecular complexity index is 1820. The van der Waals surface area contributed by atoms with E-state index < -0.39 is 0 Å². The van der Waals surface area contributed by atoms with Crippen LogP contribution in [0.1, 0.15) is 12.0 Å². The van der Waals surface area contributed by atoms with Crippen molar-refractivity contribution in [1.82, 2.24) is 34.9 Å². The summed E-state index contributed by atoms with van der Waals surface area (Å²) in [6, 6.07) is 17.4. The van der Waals surface area contributed by atoms with E-state index >= 15 is 0 Å². The van der Waals surface area contributed by atoms with Crippen molar-refractivity contribution in [3.8, 4) is 22.3 Å². The predicted molar refractivity (Wildman–Crippen MR) is 171 cm³/mol. The second-order valence-corrected chi connectivity index (χ2v) is 12.1. The van der Waals surface area contributed by atoms with Crippen LogP contribution in [0, 0.1) is 0 Å².